The van der Waals surface area contributed by atoms with Crippen LogP contribution in [0.1, 0.15) is 42.2 Å². The first-order chi connectivity index (χ1) is 19.0. The molecule has 0 radical (unpaired) electrons. The number of nitrogens with one attached hydrogen (secondary N) is 4. The minimum absolute atomic E-state index is 0.0863. The van der Waals surface area contributed by atoms with Gasteiger partial charge in [0, 0.05) is 36.9 Å². The molecule has 39 heavy (non-hydrogen) atoms. The third-order valence-corrected chi connectivity index (χ3v) is 5.94. The van der Waals surface area contributed by atoms with Crippen LogP contribution in [0.25, 0.3) is 22.3 Å². The fourth-order valence-corrected chi connectivity index (χ4v) is 3.96. The molecule has 2 aromatic heterocycles. The normalized spacial score (nSPS) is 11.3. The van der Waals surface area contributed by atoms with E-state index in [9.17, 15) is 9.59 Å². The zero-order chi connectivity index (χ0) is 28.0. The number of fused-ring (bicyclic) bond motifs is 1. The monoisotopic (exact) mass is 533 g/mol. The standard InChI is InChI=1S/C28H32N6O3.H3NO/c1-3-37-25(35)13-14-29-15-16-30-28(36)22-11-9-21(10-12-22)24-17-23-26(31-18-32-27(23)34-24)33-19(2)20-7-5-4-6-8-20;1-2/h4-12,17-19,29H,3,13-16H2,1-2H3,(H,30,36)(H2,31,32,33,34);2H,1H2/t19-;/m1./s1. The Labute approximate surface area is 227 Å². The van der Waals surface area contributed by atoms with Crippen LogP contribution in [0.15, 0.2) is 67.0 Å². The van der Waals surface area contributed by atoms with Crippen LogP contribution in [-0.2, 0) is 9.53 Å². The summed E-state index contributed by atoms with van der Waals surface area (Å²) in [5.41, 5.74) is 4.32. The Hall–Kier alpha value is -4.32. The van der Waals surface area contributed by atoms with Gasteiger partial charge in [-0.15, -0.1) is 0 Å². The average Bonchev–Trinajstić information content (AvgIpc) is 3.42. The van der Waals surface area contributed by atoms with E-state index in [1.54, 1.807) is 25.4 Å². The van der Waals surface area contributed by atoms with Gasteiger partial charge in [0.2, 0.25) is 0 Å². The van der Waals surface area contributed by atoms with E-state index in [0.29, 0.717) is 38.2 Å². The number of amides is 1. The second-order valence-electron chi connectivity index (χ2n) is 8.58. The third kappa shape index (κ3) is 8.34. The number of hydrogen-bond donors (Lipinski definition) is 6. The van der Waals surface area contributed by atoms with E-state index in [1.807, 2.05) is 36.4 Å². The number of nitrogens with zero attached hydrogens (tertiary/aromatic N) is 2. The minimum atomic E-state index is -0.227. The van der Waals surface area contributed by atoms with E-state index >= 15 is 0 Å². The van der Waals surface area contributed by atoms with Crippen LogP contribution in [0.3, 0.4) is 0 Å². The van der Waals surface area contributed by atoms with E-state index in [4.69, 9.17) is 9.94 Å². The number of hydrogen-bond acceptors (Lipinski definition) is 9. The zero-order valence-corrected chi connectivity index (χ0v) is 22.1. The lowest BCUT2D eigenvalue weighted by molar-refractivity contribution is -0.142. The smallest absolute Gasteiger partial charge is 0.307 e. The van der Waals surface area contributed by atoms with Gasteiger partial charge in [-0.2, -0.15) is 0 Å². The van der Waals surface area contributed by atoms with Gasteiger partial charge in [-0.05, 0) is 43.2 Å². The second kappa shape index (κ2) is 15.2. The van der Waals surface area contributed by atoms with Crippen molar-refractivity contribution in [3.8, 4) is 11.3 Å². The summed E-state index contributed by atoms with van der Waals surface area (Å²) in [6, 6.07) is 19.7. The highest BCUT2D eigenvalue weighted by Gasteiger charge is 2.13. The van der Waals surface area contributed by atoms with Gasteiger partial charge in [0.25, 0.3) is 5.91 Å². The molecule has 0 aliphatic heterocycles. The molecule has 1 amide bonds. The topological polar surface area (TPSA) is 167 Å². The van der Waals surface area contributed by atoms with Gasteiger partial charge in [0.05, 0.1) is 18.4 Å². The fourth-order valence-electron chi connectivity index (χ4n) is 3.96. The van der Waals surface area contributed by atoms with Crippen molar-refractivity contribution in [2.24, 2.45) is 5.90 Å². The molecule has 206 valence electrons. The molecular weight excluding hydrogens is 498 g/mol. The summed E-state index contributed by atoms with van der Waals surface area (Å²) in [7, 11) is 0. The van der Waals surface area contributed by atoms with Crippen LogP contribution in [0.4, 0.5) is 5.82 Å². The molecule has 0 fully saturated rings. The van der Waals surface area contributed by atoms with Crippen LogP contribution in [-0.4, -0.2) is 58.3 Å². The zero-order valence-electron chi connectivity index (χ0n) is 22.1. The van der Waals surface area contributed by atoms with Crippen molar-refractivity contribution in [2.75, 3.05) is 31.6 Å². The molecule has 11 nitrogen and oxygen atoms in total. The van der Waals surface area contributed by atoms with Crippen molar-refractivity contribution in [3.05, 3.63) is 78.1 Å². The number of H-pyrrole nitrogens is 1. The summed E-state index contributed by atoms with van der Waals surface area (Å²) in [5.74, 6) is 3.88. The molecule has 2 heterocycles. The number of aromatic amines is 1. The number of esters is 1. The summed E-state index contributed by atoms with van der Waals surface area (Å²) < 4.78 is 4.88. The highest BCUT2D eigenvalue weighted by molar-refractivity contribution is 5.95. The number of carbonyl (C=O) groups is 2. The Morgan fingerprint density at radius 2 is 1.77 bits per heavy atom. The predicted octanol–water partition coefficient (Wildman–Crippen LogP) is 3.40. The number of benzene rings is 2. The van der Waals surface area contributed by atoms with Crippen molar-refractivity contribution in [2.45, 2.75) is 26.3 Å². The highest BCUT2D eigenvalue weighted by atomic mass is 16.5. The van der Waals surface area contributed by atoms with Gasteiger partial charge in [-0.1, -0.05) is 42.5 Å². The molecule has 0 unspecified atom stereocenters. The summed E-state index contributed by atoms with van der Waals surface area (Å²) in [5, 5.41) is 16.9. The lowest BCUT2D eigenvalue weighted by Gasteiger charge is -2.15. The summed E-state index contributed by atoms with van der Waals surface area (Å²) in [6.45, 7) is 5.80. The summed E-state index contributed by atoms with van der Waals surface area (Å²) in [4.78, 5) is 36.0. The molecule has 4 aromatic rings. The van der Waals surface area contributed by atoms with Gasteiger partial charge < -0.3 is 30.9 Å². The molecule has 0 aliphatic rings. The van der Waals surface area contributed by atoms with Crippen molar-refractivity contribution in [1.29, 1.82) is 0 Å². The highest BCUT2D eigenvalue weighted by Crippen LogP contribution is 2.29. The van der Waals surface area contributed by atoms with E-state index in [1.165, 1.54) is 5.56 Å². The Balaban J connectivity index is 0.00000205. The van der Waals surface area contributed by atoms with Gasteiger partial charge in [0.15, 0.2) is 0 Å². The summed E-state index contributed by atoms with van der Waals surface area (Å²) in [6.07, 6.45) is 1.86. The number of rotatable bonds is 12. The van der Waals surface area contributed by atoms with Crippen LogP contribution in [0, 0.1) is 0 Å². The van der Waals surface area contributed by atoms with Crippen LogP contribution in [0.5, 0.6) is 0 Å². The fraction of sp³-hybridized carbons (Fsp3) is 0.286. The van der Waals surface area contributed by atoms with E-state index < -0.39 is 0 Å². The number of anilines is 1. The van der Waals surface area contributed by atoms with Crippen LogP contribution >= 0.6 is 0 Å². The van der Waals surface area contributed by atoms with Crippen molar-refractivity contribution in [1.82, 2.24) is 25.6 Å². The first-order valence-corrected chi connectivity index (χ1v) is 12.7. The van der Waals surface area contributed by atoms with E-state index in [0.717, 1.165) is 28.1 Å². The van der Waals surface area contributed by atoms with E-state index in [2.05, 4.69) is 55.9 Å². The first-order valence-electron chi connectivity index (χ1n) is 12.7. The molecule has 4 rings (SSSR count). The lowest BCUT2D eigenvalue weighted by Crippen LogP contribution is -2.32. The maximum atomic E-state index is 12.5. The summed E-state index contributed by atoms with van der Waals surface area (Å²) >= 11 is 0. The van der Waals surface area contributed by atoms with Crippen molar-refractivity contribution in [3.63, 3.8) is 0 Å². The molecule has 0 spiro atoms. The Morgan fingerprint density at radius 1 is 1.03 bits per heavy atom. The maximum Gasteiger partial charge on any atom is 0.307 e. The Morgan fingerprint density at radius 3 is 2.49 bits per heavy atom. The molecule has 0 aliphatic carbocycles. The number of aromatic nitrogens is 3. The molecule has 0 saturated carbocycles. The molecule has 0 bridgehead atoms. The third-order valence-electron chi connectivity index (χ3n) is 5.94. The molecular formula is C28H35N7O4. The van der Waals surface area contributed by atoms with Gasteiger partial charge in [-0.3, -0.25) is 9.59 Å². The number of nitrogens with two attached hydrogens (primary N) is 1. The molecule has 0 saturated heterocycles. The lowest BCUT2D eigenvalue weighted by atomic mass is 10.1. The second-order valence-corrected chi connectivity index (χ2v) is 8.58. The predicted molar refractivity (Wildman–Crippen MR) is 150 cm³/mol. The minimum Gasteiger partial charge on any atom is -0.466 e. The maximum absolute atomic E-state index is 12.5. The number of ether oxygens (including phenoxy) is 1. The van der Waals surface area contributed by atoms with Crippen LogP contribution in [0.2, 0.25) is 0 Å². The van der Waals surface area contributed by atoms with Crippen LogP contribution < -0.4 is 21.8 Å². The quantitative estimate of drug-likeness (QED) is 0.0908. The van der Waals surface area contributed by atoms with Crippen molar-refractivity contribution < 1.29 is 19.5 Å². The Kier molecular flexibility index (Phi) is 11.4. The SMILES string of the molecule is CCOC(=O)CCNCCNC(=O)c1ccc(-c2cc3c(N[C@H](C)c4ccccc4)ncnc3[nH]2)cc1.NO. The van der Waals surface area contributed by atoms with Gasteiger partial charge in [0.1, 0.15) is 17.8 Å². The van der Waals surface area contributed by atoms with Gasteiger partial charge in [-0.25, -0.2) is 15.9 Å². The van der Waals surface area contributed by atoms with E-state index in [-0.39, 0.29) is 17.9 Å². The average molecular weight is 534 g/mol. The molecule has 7 N–H and O–H groups in total. The first kappa shape index (κ1) is 29.2. The Bertz CT molecular complexity index is 1330. The van der Waals surface area contributed by atoms with Crippen molar-refractivity contribution >= 4 is 28.7 Å². The molecule has 2 aromatic carbocycles. The molecule has 1 atom stereocenters. The van der Waals surface area contributed by atoms with Gasteiger partial charge >= 0.3 is 5.97 Å². The largest absolute Gasteiger partial charge is 0.466 e. The number of carbonyl (C=O) groups excluding carboxylic acids is 2. The molecule has 11 heteroatoms.